The highest BCUT2D eigenvalue weighted by Crippen LogP contribution is 1.94. The molecule has 0 saturated carbocycles. The first-order valence-corrected chi connectivity index (χ1v) is 4.29. The topological polar surface area (TPSA) is 41.1 Å². The SMILES string of the molecule is CC/C(C)=C/NC(=O)NC(C)C. The lowest BCUT2D eigenvalue weighted by Crippen LogP contribution is -2.36. The fraction of sp³-hybridized carbons (Fsp3) is 0.667. The van der Waals surface area contributed by atoms with Crippen molar-refractivity contribution < 1.29 is 4.79 Å². The Morgan fingerprint density at radius 1 is 1.50 bits per heavy atom. The van der Waals surface area contributed by atoms with Crippen molar-refractivity contribution >= 4 is 6.03 Å². The lowest BCUT2D eigenvalue weighted by Gasteiger charge is -2.07. The molecule has 12 heavy (non-hydrogen) atoms. The molecule has 0 radical (unpaired) electrons. The van der Waals surface area contributed by atoms with E-state index in [9.17, 15) is 4.79 Å². The zero-order valence-electron chi connectivity index (χ0n) is 8.27. The van der Waals surface area contributed by atoms with E-state index in [0.29, 0.717) is 0 Å². The Bertz CT molecular complexity index is 173. The molecule has 0 aromatic carbocycles. The van der Waals surface area contributed by atoms with Crippen LogP contribution in [0.2, 0.25) is 0 Å². The standard InChI is InChI=1S/C9H18N2O/c1-5-8(4)6-10-9(12)11-7(2)3/h6-7H,5H2,1-4H3,(H2,10,11,12)/b8-6+. The molecule has 0 heterocycles. The van der Waals surface area contributed by atoms with Gasteiger partial charge in [-0.25, -0.2) is 4.79 Å². The summed E-state index contributed by atoms with van der Waals surface area (Å²) in [5.74, 6) is 0. The Kier molecular flexibility index (Phi) is 5.17. The second kappa shape index (κ2) is 5.63. The van der Waals surface area contributed by atoms with Crippen LogP contribution in [-0.4, -0.2) is 12.1 Å². The summed E-state index contributed by atoms with van der Waals surface area (Å²) in [4.78, 5) is 11.0. The summed E-state index contributed by atoms with van der Waals surface area (Å²) in [6, 6.07) is 0.0399. The minimum atomic E-state index is -0.141. The molecule has 0 aliphatic rings. The molecule has 0 aromatic rings. The average molecular weight is 170 g/mol. The quantitative estimate of drug-likeness (QED) is 0.668. The van der Waals surface area contributed by atoms with Gasteiger partial charge in [0.05, 0.1) is 0 Å². The number of urea groups is 1. The van der Waals surface area contributed by atoms with Crippen LogP contribution in [0, 0.1) is 0 Å². The Hall–Kier alpha value is -0.990. The van der Waals surface area contributed by atoms with Gasteiger partial charge in [0.2, 0.25) is 0 Å². The summed E-state index contributed by atoms with van der Waals surface area (Å²) in [5.41, 5.74) is 1.16. The van der Waals surface area contributed by atoms with E-state index < -0.39 is 0 Å². The van der Waals surface area contributed by atoms with Crippen molar-refractivity contribution in [1.29, 1.82) is 0 Å². The maximum atomic E-state index is 11.0. The lowest BCUT2D eigenvalue weighted by atomic mass is 10.3. The third kappa shape index (κ3) is 5.77. The molecule has 0 aromatic heterocycles. The van der Waals surface area contributed by atoms with Gasteiger partial charge in [-0.15, -0.1) is 0 Å². The Morgan fingerprint density at radius 2 is 2.08 bits per heavy atom. The zero-order valence-corrected chi connectivity index (χ0v) is 8.27. The van der Waals surface area contributed by atoms with Crippen molar-refractivity contribution in [1.82, 2.24) is 10.6 Å². The third-order valence-corrected chi connectivity index (χ3v) is 1.43. The van der Waals surface area contributed by atoms with E-state index in [4.69, 9.17) is 0 Å². The molecule has 3 heteroatoms. The van der Waals surface area contributed by atoms with Gasteiger partial charge in [0.15, 0.2) is 0 Å². The van der Waals surface area contributed by atoms with Crippen LogP contribution in [0.25, 0.3) is 0 Å². The molecule has 2 N–H and O–H groups in total. The number of carbonyl (C=O) groups is 1. The van der Waals surface area contributed by atoms with Gasteiger partial charge < -0.3 is 10.6 Å². The van der Waals surface area contributed by atoms with Crippen molar-refractivity contribution in [2.45, 2.75) is 40.2 Å². The van der Waals surface area contributed by atoms with Gasteiger partial charge in [0, 0.05) is 12.2 Å². The van der Waals surface area contributed by atoms with Crippen molar-refractivity contribution in [3.8, 4) is 0 Å². The Balaban J connectivity index is 3.71. The van der Waals surface area contributed by atoms with E-state index >= 15 is 0 Å². The second-order valence-corrected chi connectivity index (χ2v) is 3.12. The molecule has 70 valence electrons. The van der Waals surface area contributed by atoms with Crippen LogP contribution in [0.3, 0.4) is 0 Å². The van der Waals surface area contributed by atoms with E-state index in [1.165, 1.54) is 0 Å². The summed E-state index contributed by atoms with van der Waals surface area (Å²) in [5, 5.41) is 5.38. The molecule has 0 aliphatic carbocycles. The van der Waals surface area contributed by atoms with Crippen molar-refractivity contribution in [2.75, 3.05) is 0 Å². The first-order valence-electron chi connectivity index (χ1n) is 4.29. The number of allylic oxidation sites excluding steroid dienone is 1. The minimum absolute atomic E-state index is 0.141. The number of nitrogens with one attached hydrogen (secondary N) is 2. The summed E-state index contributed by atoms with van der Waals surface area (Å²) in [7, 11) is 0. The molecular formula is C9H18N2O. The van der Waals surface area contributed by atoms with Gasteiger partial charge in [-0.3, -0.25) is 0 Å². The molecule has 0 bridgehead atoms. The largest absolute Gasteiger partial charge is 0.336 e. The van der Waals surface area contributed by atoms with Crippen LogP contribution in [0.5, 0.6) is 0 Å². The summed E-state index contributed by atoms with van der Waals surface area (Å²) >= 11 is 0. The van der Waals surface area contributed by atoms with E-state index in [2.05, 4.69) is 10.6 Å². The molecule has 2 amide bonds. The molecule has 0 atom stereocenters. The van der Waals surface area contributed by atoms with Gasteiger partial charge in [-0.2, -0.15) is 0 Å². The lowest BCUT2D eigenvalue weighted by molar-refractivity contribution is 0.242. The third-order valence-electron chi connectivity index (χ3n) is 1.43. The first kappa shape index (κ1) is 11.0. The molecule has 0 saturated heterocycles. The van der Waals surface area contributed by atoms with Gasteiger partial charge in [-0.1, -0.05) is 12.5 Å². The van der Waals surface area contributed by atoms with Crippen LogP contribution < -0.4 is 10.6 Å². The van der Waals surface area contributed by atoms with Crippen molar-refractivity contribution in [2.24, 2.45) is 0 Å². The molecule has 0 spiro atoms. The monoisotopic (exact) mass is 170 g/mol. The fourth-order valence-electron chi connectivity index (χ4n) is 0.595. The van der Waals surface area contributed by atoms with Crippen LogP contribution in [0.1, 0.15) is 34.1 Å². The highest BCUT2D eigenvalue weighted by Gasteiger charge is 1.98. The maximum absolute atomic E-state index is 11.0. The number of rotatable bonds is 3. The van der Waals surface area contributed by atoms with Crippen LogP contribution in [0.15, 0.2) is 11.8 Å². The highest BCUT2D eigenvalue weighted by molar-refractivity contribution is 5.75. The molecule has 0 fully saturated rings. The normalized spacial score (nSPS) is 11.6. The minimum Gasteiger partial charge on any atom is -0.336 e. The van der Waals surface area contributed by atoms with Crippen molar-refractivity contribution in [3.63, 3.8) is 0 Å². The molecule has 0 rings (SSSR count). The maximum Gasteiger partial charge on any atom is 0.318 e. The number of hydrogen-bond donors (Lipinski definition) is 2. The van der Waals surface area contributed by atoms with Gasteiger partial charge in [-0.05, 0) is 27.2 Å². The summed E-state index contributed by atoms with van der Waals surface area (Å²) in [6.45, 7) is 7.88. The highest BCUT2D eigenvalue weighted by atomic mass is 16.2. The van der Waals surface area contributed by atoms with E-state index in [-0.39, 0.29) is 12.1 Å². The summed E-state index contributed by atoms with van der Waals surface area (Å²) in [6.07, 6.45) is 2.69. The molecule has 0 aliphatic heterocycles. The second-order valence-electron chi connectivity index (χ2n) is 3.12. The van der Waals surface area contributed by atoms with Gasteiger partial charge in [0.25, 0.3) is 0 Å². The van der Waals surface area contributed by atoms with Crippen LogP contribution in [0.4, 0.5) is 4.79 Å². The molecule has 0 unspecified atom stereocenters. The van der Waals surface area contributed by atoms with Crippen molar-refractivity contribution in [3.05, 3.63) is 11.8 Å². The number of amides is 2. The van der Waals surface area contributed by atoms with Crippen LogP contribution >= 0.6 is 0 Å². The number of carbonyl (C=O) groups excluding carboxylic acids is 1. The fourth-order valence-corrected chi connectivity index (χ4v) is 0.595. The summed E-state index contributed by atoms with van der Waals surface area (Å²) < 4.78 is 0. The Labute approximate surface area is 74.2 Å². The smallest absolute Gasteiger partial charge is 0.318 e. The first-order chi connectivity index (χ1) is 5.56. The zero-order chi connectivity index (χ0) is 9.56. The number of hydrogen-bond acceptors (Lipinski definition) is 1. The predicted molar refractivity (Wildman–Crippen MR) is 50.9 cm³/mol. The van der Waals surface area contributed by atoms with Crippen LogP contribution in [-0.2, 0) is 0 Å². The van der Waals surface area contributed by atoms with Gasteiger partial charge in [0.1, 0.15) is 0 Å². The van der Waals surface area contributed by atoms with E-state index in [0.717, 1.165) is 12.0 Å². The van der Waals surface area contributed by atoms with Gasteiger partial charge >= 0.3 is 6.03 Å². The predicted octanol–water partition coefficient (Wildman–Crippen LogP) is 2.01. The van der Waals surface area contributed by atoms with E-state index in [1.807, 2.05) is 27.7 Å². The van der Waals surface area contributed by atoms with E-state index in [1.54, 1.807) is 6.20 Å². The molecular weight excluding hydrogens is 152 g/mol. The Morgan fingerprint density at radius 3 is 2.50 bits per heavy atom. The average Bonchev–Trinajstić information content (AvgIpc) is 1.99. The molecule has 3 nitrogen and oxygen atoms in total.